The van der Waals surface area contributed by atoms with Gasteiger partial charge in [-0.15, -0.1) is 0 Å². The van der Waals surface area contributed by atoms with E-state index < -0.39 is 5.82 Å². The van der Waals surface area contributed by atoms with Crippen LogP contribution in [0.5, 0.6) is 0 Å². The Labute approximate surface area is 122 Å². The normalized spacial score (nSPS) is 18.9. The fraction of sp³-hybridized carbons (Fsp3) is 0.429. The first-order valence-corrected chi connectivity index (χ1v) is 6.91. The summed E-state index contributed by atoms with van der Waals surface area (Å²) in [6.07, 6.45) is 6.04. The Morgan fingerprint density at radius 3 is 2.24 bits per heavy atom. The van der Waals surface area contributed by atoms with Gasteiger partial charge in [0.2, 0.25) is 11.9 Å². The molecule has 0 N–H and O–H groups in total. The minimum Gasteiger partial charge on any atom is -0.337 e. The highest BCUT2D eigenvalue weighted by Crippen LogP contribution is 2.18. The summed E-state index contributed by atoms with van der Waals surface area (Å²) in [5, 5.41) is 0. The van der Waals surface area contributed by atoms with Crippen LogP contribution in [0.3, 0.4) is 0 Å². The Morgan fingerprint density at radius 2 is 1.62 bits per heavy atom. The topological polar surface area (TPSA) is 58.0 Å². The first-order valence-electron chi connectivity index (χ1n) is 6.91. The Kier molecular flexibility index (Phi) is 3.64. The predicted octanol–water partition coefficient (Wildman–Crippen LogP) is 1.43. The third-order valence-corrected chi connectivity index (χ3v) is 3.54. The van der Waals surface area contributed by atoms with E-state index in [0.717, 1.165) is 31.1 Å². The zero-order valence-corrected chi connectivity index (χ0v) is 12.1. The summed E-state index contributed by atoms with van der Waals surface area (Å²) < 4.78 is 12.9. The number of nitrogens with zero attached hydrogens (tertiary/aromatic N) is 6. The fourth-order valence-electron chi connectivity index (χ4n) is 2.44. The molecule has 110 valence electrons. The lowest BCUT2D eigenvalue weighted by molar-refractivity contribution is 0.529. The number of hydrogen-bond donors (Lipinski definition) is 0. The van der Waals surface area contributed by atoms with Crippen molar-refractivity contribution in [3.63, 3.8) is 0 Å². The molecular formula is C14H17FN6. The number of piperazine rings is 1. The second kappa shape index (κ2) is 5.59. The van der Waals surface area contributed by atoms with Gasteiger partial charge >= 0.3 is 0 Å². The van der Waals surface area contributed by atoms with E-state index >= 15 is 0 Å². The third-order valence-electron chi connectivity index (χ3n) is 3.54. The van der Waals surface area contributed by atoms with Crippen LogP contribution in [-0.4, -0.2) is 45.6 Å². The van der Waals surface area contributed by atoms with Crippen LogP contribution in [0.4, 0.5) is 16.3 Å². The molecule has 3 heterocycles. The lowest BCUT2D eigenvalue weighted by Gasteiger charge is -2.39. The van der Waals surface area contributed by atoms with Crippen LogP contribution in [0.1, 0.15) is 12.5 Å². The average Bonchev–Trinajstić information content (AvgIpc) is 2.49. The van der Waals surface area contributed by atoms with Crippen molar-refractivity contribution in [2.75, 3.05) is 29.4 Å². The maximum atomic E-state index is 12.9. The van der Waals surface area contributed by atoms with Gasteiger partial charge < -0.3 is 9.80 Å². The molecule has 1 atom stereocenters. The van der Waals surface area contributed by atoms with Crippen LogP contribution >= 0.6 is 0 Å². The average molecular weight is 288 g/mol. The van der Waals surface area contributed by atoms with Gasteiger partial charge in [0.15, 0.2) is 5.82 Å². The van der Waals surface area contributed by atoms with Gasteiger partial charge in [0, 0.05) is 38.1 Å². The molecule has 0 bridgehead atoms. The summed E-state index contributed by atoms with van der Waals surface area (Å²) in [7, 11) is 0. The summed E-state index contributed by atoms with van der Waals surface area (Å²) in [5.41, 5.74) is 1.05. The molecule has 0 aliphatic carbocycles. The van der Waals surface area contributed by atoms with Crippen LogP contribution in [0.15, 0.2) is 24.8 Å². The molecule has 0 unspecified atom stereocenters. The van der Waals surface area contributed by atoms with Gasteiger partial charge in [0.1, 0.15) is 0 Å². The van der Waals surface area contributed by atoms with E-state index in [1.165, 1.54) is 12.4 Å². The molecule has 21 heavy (non-hydrogen) atoms. The number of aryl methyl sites for hydroxylation is 1. The molecule has 1 aliphatic heterocycles. The number of hydrogen-bond acceptors (Lipinski definition) is 6. The third kappa shape index (κ3) is 2.91. The molecule has 0 spiro atoms. The molecular weight excluding hydrogens is 271 g/mol. The molecule has 0 saturated carbocycles. The Morgan fingerprint density at radius 1 is 1.00 bits per heavy atom. The highest BCUT2D eigenvalue weighted by molar-refractivity contribution is 5.39. The summed E-state index contributed by atoms with van der Waals surface area (Å²) in [4.78, 5) is 21.0. The van der Waals surface area contributed by atoms with Gasteiger partial charge in [-0.1, -0.05) is 0 Å². The van der Waals surface area contributed by atoms with Crippen LogP contribution in [0, 0.1) is 12.7 Å². The molecule has 3 rings (SSSR count). The maximum Gasteiger partial charge on any atom is 0.225 e. The van der Waals surface area contributed by atoms with Crippen LogP contribution < -0.4 is 9.80 Å². The van der Waals surface area contributed by atoms with E-state index in [9.17, 15) is 4.39 Å². The number of rotatable bonds is 2. The SMILES string of the molecule is Cc1cnc(N2CCN(c3ncc(F)cn3)[C@@H](C)C2)nc1. The first kappa shape index (κ1) is 13.7. The summed E-state index contributed by atoms with van der Waals surface area (Å²) in [6, 6.07) is 0.203. The van der Waals surface area contributed by atoms with Gasteiger partial charge in [-0.25, -0.2) is 24.3 Å². The maximum absolute atomic E-state index is 12.9. The summed E-state index contributed by atoms with van der Waals surface area (Å²) >= 11 is 0. The quantitative estimate of drug-likeness (QED) is 0.833. The molecule has 2 aromatic heterocycles. The van der Waals surface area contributed by atoms with E-state index in [-0.39, 0.29) is 6.04 Å². The Balaban J connectivity index is 1.72. The highest BCUT2D eigenvalue weighted by Gasteiger charge is 2.26. The standard InChI is InChI=1S/C14H17FN6/c1-10-5-16-13(17-6-10)20-3-4-21(11(2)9-20)14-18-7-12(15)8-19-14/h5-8,11H,3-4,9H2,1-2H3/t11-/m0/s1. The van der Waals surface area contributed by atoms with Crippen molar-refractivity contribution in [3.8, 4) is 0 Å². The van der Waals surface area contributed by atoms with Crippen LogP contribution in [0.25, 0.3) is 0 Å². The van der Waals surface area contributed by atoms with Crippen molar-refractivity contribution in [1.29, 1.82) is 0 Å². The molecule has 2 aromatic rings. The smallest absolute Gasteiger partial charge is 0.225 e. The zero-order chi connectivity index (χ0) is 14.8. The Hall–Kier alpha value is -2.31. The van der Waals surface area contributed by atoms with E-state index in [4.69, 9.17) is 0 Å². The summed E-state index contributed by atoms with van der Waals surface area (Å²) in [5.74, 6) is 0.888. The lowest BCUT2D eigenvalue weighted by atomic mass is 10.2. The highest BCUT2D eigenvalue weighted by atomic mass is 19.1. The van der Waals surface area contributed by atoms with E-state index in [1.807, 2.05) is 19.3 Å². The summed E-state index contributed by atoms with van der Waals surface area (Å²) in [6.45, 7) is 6.38. The van der Waals surface area contributed by atoms with Crippen molar-refractivity contribution < 1.29 is 4.39 Å². The monoisotopic (exact) mass is 288 g/mol. The van der Waals surface area contributed by atoms with E-state index in [0.29, 0.717) is 5.95 Å². The van der Waals surface area contributed by atoms with Gasteiger partial charge in [0.05, 0.1) is 12.4 Å². The Bertz CT molecular complexity index is 600. The largest absolute Gasteiger partial charge is 0.337 e. The molecule has 7 heteroatoms. The van der Waals surface area contributed by atoms with Crippen molar-refractivity contribution in [1.82, 2.24) is 19.9 Å². The molecule has 0 amide bonds. The number of anilines is 2. The lowest BCUT2D eigenvalue weighted by Crippen LogP contribution is -2.53. The minimum atomic E-state index is -0.418. The molecule has 6 nitrogen and oxygen atoms in total. The van der Waals surface area contributed by atoms with Gasteiger partial charge in [-0.05, 0) is 19.4 Å². The fourth-order valence-corrected chi connectivity index (χ4v) is 2.44. The van der Waals surface area contributed by atoms with Crippen LogP contribution in [0.2, 0.25) is 0 Å². The second-order valence-electron chi connectivity index (χ2n) is 5.25. The van der Waals surface area contributed by atoms with Crippen molar-refractivity contribution in [2.45, 2.75) is 19.9 Å². The molecule has 0 radical (unpaired) electrons. The number of aromatic nitrogens is 4. The van der Waals surface area contributed by atoms with E-state index in [1.54, 1.807) is 0 Å². The van der Waals surface area contributed by atoms with Crippen LogP contribution in [-0.2, 0) is 0 Å². The predicted molar refractivity (Wildman–Crippen MR) is 77.8 cm³/mol. The zero-order valence-electron chi connectivity index (χ0n) is 12.1. The molecule has 1 aliphatic rings. The van der Waals surface area contributed by atoms with Gasteiger partial charge in [-0.3, -0.25) is 0 Å². The van der Waals surface area contributed by atoms with Gasteiger partial charge in [-0.2, -0.15) is 0 Å². The second-order valence-corrected chi connectivity index (χ2v) is 5.25. The van der Waals surface area contributed by atoms with Crippen molar-refractivity contribution >= 4 is 11.9 Å². The minimum absolute atomic E-state index is 0.203. The molecule has 1 fully saturated rings. The number of halogens is 1. The van der Waals surface area contributed by atoms with Crippen molar-refractivity contribution in [3.05, 3.63) is 36.2 Å². The van der Waals surface area contributed by atoms with E-state index in [2.05, 4.69) is 36.7 Å². The van der Waals surface area contributed by atoms with Crippen molar-refractivity contribution in [2.24, 2.45) is 0 Å². The first-order chi connectivity index (χ1) is 10.1. The molecule has 1 saturated heterocycles. The van der Waals surface area contributed by atoms with Gasteiger partial charge in [0.25, 0.3) is 0 Å². The molecule has 0 aromatic carbocycles.